The number of carbonyl (C=O) groups excluding carboxylic acids is 1. The van der Waals surface area contributed by atoms with Crippen molar-refractivity contribution in [1.82, 2.24) is 9.88 Å². The maximum absolute atomic E-state index is 13.5. The van der Waals surface area contributed by atoms with E-state index in [4.69, 9.17) is 0 Å². The minimum absolute atomic E-state index is 0.170. The number of carbonyl (C=O) groups is 1. The first-order chi connectivity index (χ1) is 14.7. The highest BCUT2D eigenvalue weighted by atomic mass is 19.1. The van der Waals surface area contributed by atoms with Gasteiger partial charge >= 0.3 is 0 Å². The predicted octanol–water partition coefficient (Wildman–Crippen LogP) is 5.58. The largest absolute Gasteiger partial charge is 0.334 e. The number of benzene rings is 2. The van der Waals surface area contributed by atoms with E-state index in [1.54, 1.807) is 12.3 Å². The first kappa shape index (κ1) is 18.7. The van der Waals surface area contributed by atoms with Crippen molar-refractivity contribution in [2.75, 3.05) is 0 Å². The molecule has 0 N–H and O–H groups in total. The van der Waals surface area contributed by atoms with Gasteiger partial charge in [0.25, 0.3) is 0 Å². The molecular weight excluding hydrogens is 375 g/mol. The molecule has 0 aliphatic carbocycles. The molecule has 150 valence electrons. The number of aromatic nitrogens is 1. The lowest BCUT2D eigenvalue weighted by atomic mass is 9.79. The van der Waals surface area contributed by atoms with Crippen LogP contribution in [0.15, 0.2) is 72.9 Å². The molecule has 0 radical (unpaired) electrons. The summed E-state index contributed by atoms with van der Waals surface area (Å²) in [6, 6.07) is 19.1. The molecule has 1 unspecified atom stereocenters. The number of nitrogens with zero attached hydrogens (tertiary/aromatic N) is 2. The standard InChI is InChI=1S/C26H23FN2O/c27-21-7-3-6-18(15-21)19-11-12-22(28-16-19)13-14-24-23-8-2-1-5-20(23)17-29-25(24)9-4-10-26(29)30/h1-3,5-8,11-16,24-25H,4,9-10,17H2/t24?,25-/m1/s1. The smallest absolute Gasteiger partial charge is 0.223 e. The highest BCUT2D eigenvalue weighted by Crippen LogP contribution is 2.39. The average molecular weight is 398 g/mol. The topological polar surface area (TPSA) is 33.2 Å². The molecular formula is C26H23FN2O. The van der Waals surface area contributed by atoms with Crippen LogP contribution in [0.3, 0.4) is 0 Å². The van der Waals surface area contributed by atoms with Crippen molar-refractivity contribution in [2.24, 2.45) is 0 Å². The Morgan fingerprint density at radius 1 is 1.03 bits per heavy atom. The fourth-order valence-electron chi connectivity index (χ4n) is 4.70. The number of hydrogen-bond acceptors (Lipinski definition) is 2. The van der Waals surface area contributed by atoms with E-state index in [0.29, 0.717) is 13.0 Å². The number of pyridine rings is 1. The van der Waals surface area contributed by atoms with E-state index in [1.165, 1.54) is 23.3 Å². The quantitative estimate of drug-likeness (QED) is 0.577. The van der Waals surface area contributed by atoms with Crippen LogP contribution in [0.5, 0.6) is 0 Å². The zero-order valence-corrected chi connectivity index (χ0v) is 16.7. The maximum atomic E-state index is 13.5. The first-order valence-electron chi connectivity index (χ1n) is 10.5. The highest BCUT2D eigenvalue weighted by molar-refractivity contribution is 5.78. The zero-order chi connectivity index (χ0) is 20.5. The molecule has 4 heteroatoms. The minimum atomic E-state index is -0.251. The molecule has 2 aromatic carbocycles. The third-order valence-corrected chi connectivity index (χ3v) is 6.20. The van der Waals surface area contributed by atoms with Crippen LogP contribution < -0.4 is 0 Å². The van der Waals surface area contributed by atoms with Crippen LogP contribution in [0.1, 0.15) is 42.0 Å². The van der Waals surface area contributed by atoms with Gasteiger partial charge in [-0.3, -0.25) is 9.78 Å². The lowest BCUT2D eigenvalue weighted by molar-refractivity contribution is -0.138. The predicted molar refractivity (Wildman–Crippen MR) is 116 cm³/mol. The molecule has 3 nitrogen and oxygen atoms in total. The Balaban J connectivity index is 1.43. The summed E-state index contributed by atoms with van der Waals surface area (Å²) in [7, 11) is 0. The molecule has 1 fully saturated rings. The first-order valence-corrected chi connectivity index (χ1v) is 10.5. The van der Waals surface area contributed by atoms with Gasteiger partial charge in [0, 0.05) is 36.7 Å². The van der Waals surface area contributed by atoms with Crippen LogP contribution in [-0.4, -0.2) is 21.8 Å². The molecule has 1 aromatic heterocycles. The van der Waals surface area contributed by atoms with E-state index >= 15 is 0 Å². The maximum Gasteiger partial charge on any atom is 0.223 e. The van der Waals surface area contributed by atoms with Crippen LogP contribution >= 0.6 is 0 Å². The van der Waals surface area contributed by atoms with Gasteiger partial charge in [0.05, 0.1) is 5.69 Å². The van der Waals surface area contributed by atoms with E-state index in [0.717, 1.165) is 29.7 Å². The van der Waals surface area contributed by atoms with Crippen LogP contribution in [0.2, 0.25) is 0 Å². The minimum Gasteiger partial charge on any atom is -0.334 e. The monoisotopic (exact) mass is 398 g/mol. The van der Waals surface area contributed by atoms with Crippen LogP contribution in [0, 0.1) is 5.82 Å². The number of rotatable bonds is 3. The Hall–Kier alpha value is -3.27. The molecule has 30 heavy (non-hydrogen) atoms. The lowest BCUT2D eigenvalue weighted by Gasteiger charge is -2.44. The van der Waals surface area contributed by atoms with Crippen molar-refractivity contribution in [3.8, 4) is 11.1 Å². The SMILES string of the molecule is O=C1CCC[C@@H]2C(C=Cc3ccc(-c4cccc(F)c4)cn3)c3ccccc3CN12. The molecule has 5 rings (SSSR count). The molecule has 2 atom stereocenters. The summed E-state index contributed by atoms with van der Waals surface area (Å²) in [5, 5.41) is 0. The van der Waals surface area contributed by atoms with Gasteiger partial charge in [-0.15, -0.1) is 0 Å². The average Bonchev–Trinajstić information content (AvgIpc) is 2.78. The van der Waals surface area contributed by atoms with Crippen molar-refractivity contribution in [3.05, 3.63) is 95.6 Å². The van der Waals surface area contributed by atoms with E-state index in [9.17, 15) is 9.18 Å². The molecule has 0 spiro atoms. The Morgan fingerprint density at radius 3 is 2.77 bits per heavy atom. The molecule has 1 amide bonds. The second-order valence-corrected chi connectivity index (χ2v) is 8.05. The van der Waals surface area contributed by atoms with Gasteiger partial charge in [-0.2, -0.15) is 0 Å². The van der Waals surface area contributed by atoms with Gasteiger partial charge in [0.2, 0.25) is 5.91 Å². The summed E-state index contributed by atoms with van der Waals surface area (Å²) >= 11 is 0. The fourth-order valence-corrected chi connectivity index (χ4v) is 4.70. The van der Waals surface area contributed by atoms with Crippen molar-refractivity contribution >= 4 is 12.0 Å². The Bertz CT molecular complexity index is 1110. The van der Waals surface area contributed by atoms with Gasteiger partial charge in [-0.1, -0.05) is 48.5 Å². The van der Waals surface area contributed by atoms with Gasteiger partial charge in [0.15, 0.2) is 0 Å². The van der Waals surface area contributed by atoms with Crippen molar-refractivity contribution < 1.29 is 9.18 Å². The fraction of sp³-hybridized carbons (Fsp3) is 0.231. The van der Waals surface area contributed by atoms with Gasteiger partial charge < -0.3 is 4.90 Å². The molecule has 0 saturated carbocycles. The molecule has 2 aliphatic rings. The molecule has 2 aliphatic heterocycles. The van der Waals surface area contributed by atoms with Gasteiger partial charge in [-0.25, -0.2) is 4.39 Å². The number of amides is 1. The van der Waals surface area contributed by atoms with Crippen LogP contribution in [-0.2, 0) is 11.3 Å². The second kappa shape index (κ2) is 7.86. The van der Waals surface area contributed by atoms with Crippen LogP contribution in [0.25, 0.3) is 17.2 Å². The number of fused-ring (bicyclic) bond motifs is 2. The number of halogens is 1. The van der Waals surface area contributed by atoms with Crippen molar-refractivity contribution in [1.29, 1.82) is 0 Å². The van der Waals surface area contributed by atoms with E-state index < -0.39 is 0 Å². The Kier molecular flexibility index (Phi) is 4.91. The van der Waals surface area contributed by atoms with E-state index in [-0.39, 0.29) is 23.7 Å². The molecule has 3 aromatic rings. The summed E-state index contributed by atoms with van der Waals surface area (Å²) in [4.78, 5) is 19.1. The van der Waals surface area contributed by atoms with Crippen molar-refractivity contribution in [3.63, 3.8) is 0 Å². The Morgan fingerprint density at radius 2 is 1.93 bits per heavy atom. The highest BCUT2D eigenvalue weighted by Gasteiger charge is 2.38. The molecule has 0 bridgehead atoms. The number of hydrogen-bond donors (Lipinski definition) is 0. The Labute approximate surface area is 175 Å². The van der Waals surface area contributed by atoms with Gasteiger partial charge in [0.1, 0.15) is 5.82 Å². The summed E-state index contributed by atoms with van der Waals surface area (Å²) in [5.74, 6) is 0.180. The lowest BCUT2D eigenvalue weighted by Crippen LogP contribution is -2.48. The van der Waals surface area contributed by atoms with Gasteiger partial charge in [-0.05, 0) is 53.8 Å². The third-order valence-electron chi connectivity index (χ3n) is 6.20. The molecule has 1 saturated heterocycles. The van der Waals surface area contributed by atoms with Crippen molar-refractivity contribution in [2.45, 2.75) is 37.8 Å². The van der Waals surface area contributed by atoms with E-state index in [1.807, 2.05) is 30.3 Å². The summed E-state index contributed by atoms with van der Waals surface area (Å²) in [6.07, 6.45) is 8.64. The molecule has 3 heterocycles. The summed E-state index contributed by atoms with van der Waals surface area (Å²) in [6.45, 7) is 0.713. The second-order valence-electron chi connectivity index (χ2n) is 8.05. The normalized spacial score (nSPS) is 20.8. The summed E-state index contributed by atoms with van der Waals surface area (Å²) in [5.41, 5.74) is 5.09. The van der Waals surface area contributed by atoms with E-state index in [2.05, 4.69) is 34.2 Å². The number of piperidine rings is 1. The summed E-state index contributed by atoms with van der Waals surface area (Å²) < 4.78 is 13.5. The van der Waals surface area contributed by atoms with Crippen LogP contribution in [0.4, 0.5) is 4.39 Å². The third kappa shape index (κ3) is 3.54. The zero-order valence-electron chi connectivity index (χ0n) is 16.7.